The number of carbonyl (C=O) groups excluding carboxylic acids is 2. The number of rotatable bonds is 2. The van der Waals surface area contributed by atoms with Crippen LogP contribution in [0.1, 0.15) is 28.8 Å². The molecule has 21 heavy (non-hydrogen) atoms. The van der Waals surface area contributed by atoms with E-state index < -0.39 is 17.6 Å². The van der Waals surface area contributed by atoms with Crippen molar-refractivity contribution in [3.8, 4) is 5.75 Å². The van der Waals surface area contributed by atoms with E-state index in [1.165, 1.54) is 11.0 Å². The van der Waals surface area contributed by atoms with Crippen LogP contribution in [0.25, 0.3) is 0 Å². The maximum Gasteiger partial charge on any atom is 0.419 e. The minimum absolute atomic E-state index is 0.0579. The zero-order valence-corrected chi connectivity index (χ0v) is 11.4. The summed E-state index contributed by atoms with van der Waals surface area (Å²) in [6.07, 6.45) is -4.11. The van der Waals surface area contributed by atoms with Crippen molar-refractivity contribution in [3.05, 3.63) is 29.3 Å². The molecule has 114 valence electrons. The van der Waals surface area contributed by atoms with Crippen molar-refractivity contribution in [2.45, 2.75) is 19.0 Å². The summed E-state index contributed by atoms with van der Waals surface area (Å²) in [5.74, 6) is -0.770. The van der Waals surface area contributed by atoms with E-state index in [4.69, 9.17) is 0 Å². The molecule has 1 aromatic carbocycles. The Morgan fingerprint density at radius 2 is 1.86 bits per heavy atom. The first-order valence-electron chi connectivity index (χ1n) is 6.39. The first-order chi connectivity index (χ1) is 9.82. The van der Waals surface area contributed by atoms with E-state index in [0.29, 0.717) is 0 Å². The van der Waals surface area contributed by atoms with E-state index in [9.17, 15) is 22.8 Å². The van der Waals surface area contributed by atoms with Gasteiger partial charge in [0, 0.05) is 31.5 Å². The highest BCUT2D eigenvalue weighted by molar-refractivity contribution is 5.95. The van der Waals surface area contributed by atoms with Gasteiger partial charge in [0.15, 0.2) is 0 Å². The number of hydrogen-bond donors (Lipinski definition) is 0. The van der Waals surface area contributed by atoms with Gasteiger partial charge in [-0.3, -0.25) is 9.59 Å². The second-order valence-electron chi connectivity index (χ2n) is 4.74. The molecule has 1 amide bonds. The van der Waals surface area contributed by atoms with Gasteiger partial charge >= 0.3 is 6.18 Å². The van der Waals surface area contributed by atoms with E-state index in [-0.39, 0.29) is 43.0 Å². The fourth-order valence-electron chi connectivity index (χ4n) is 2.20. The van der Waals surface area contributed by atoms with Crippen LogP contribution >= 0.6 is 0 Å². The zero-order chi connectivity index (χ0) is 15.6. The molecule has 1 fully saturated rings. The summed E-state index contributed by atoms with van der Waals surface area (Å²) in [4.78, 5) is 24.7. The SMILES string of the molecule is COc1ccc(C(=O)N2CCC(=O)CC2)cc1C(F)(F)F. The highest BCUT2D eigenvalue weighted by atomic mass is 19.4. The van der Waals surface area contributed by atoms with Gasteiger partial charge in [0.2, 0.25) is 0 Å². The molecule has 0 unspecified atom stereocenters. The summed E-state index contributed by atoms with van der Waals surface area (Å²) >= 11 is 0. The van der Waals surface area contributed by atoms with E-state index >= 15 is 0 Å². The zero-order valence-electron chi connectivity index (χ0n) is 11.4. The predicted octanol–water partition coefficient (Wildman–Crippen LogP) is 2.52. The molecular weight excluding hydrogens is 287 g/mol. The maximum absolute atomic E-state index is 12.9. The van der Waals surface area contributed by atoms with Crippen LogP contribution in [0, 0.1) is 0 Å². The van der Waals surface area contributed by atoms with Crippen molar-refractivity contribution in [2.24, 2.45) is 0 Å². The number of amides is 1. The number of Topliss-reactive ketones (excluding diaryl/α,β-unsaturated/α-hetero) is 1. The Hall–Kier alpha value is -2.05. The van der Waals surface area contributed by atoms with Crippen LogP contribution < -0.4 is 4.74 Å². The fraction of sp³-hybridized carbons (Fsp3) is 0.429. The number of ether oxygens (including phenoxy) is 1. The van der Waals surface area contributed by atoms with E-state index in [1.807, 2.05) is 0 Å². The quantitative estimate of drug-likeness (QED) is 0.843. The first kappa shape index (κ1) is 15.3. The second-order valence-corrected chi connectivity index (χ2v) is 4.74. The van der Waals surface area contributed by atoms with Gasteiger partial charge < -0.3 is 9.64 Å². The highest BCUT2D eigenvalue weighted by Crippen LogP contribution is 2.36. The molecule has 0 N–H and O–H groups in total. The van der Waals surface area contributed by atoms with Crippen molar-refractivity contribution in [1.82, 2.24) is 4.90 Å². The molecule has 7 heteroatoms. The number of halogens is 3. The van der Waals surface area contributed by atoms with Gasteiger partial charge in [-0.15, -0.1) is 0 Å². The second kappa shape index (κ2) is 5.75. The van der Waals surface area contributed by atoms with Crippen molar-refractivity contribution in [3.63, 3.8) is 0 Å². The summed E-state index contributed by atoms with van der Waals surface area (Å²) in [6.45, 7) is 0.482. The number of likely N-dealkylation sites (tertiary alicyclic amines) is 1. The maximum atomic E-state index is 12.9. The number of benzene rings is 1. The van der Waals surface area contributed by atoms with Crippen LogP contribution in [-0.2, 0) is 11.0 Å². The number of hydrogen-bond acceptors (Lipinski definition) is 3. The first-order valence-corrected chi connectivity index (χ1v) is 6.39. The lowest BCUT2D eigenvalue weighted by molar-refractivity contribution is -0.138. The Labute approximate surface area is 119 Å². The van der Waals surface area contributed by atoms with Crippen molar-refractivity contribution < 1.29 is 27.5 Å². The molecular formula is C14H14F3NO3. The molecule has 0 bridgehead atoms. The minimum atomic E-state index is -4.60. The van der Waals surface area contributed by atoms with Crippen molar-refractivity contribution in [1.29, 1.82) is 0 Å². The summed E-state index contributed by atoms with van der Waals surface area (Å²) < 4.78 is 43.4. The summed E-state index contributed by atoms with van der Waals surface area (Å²) in [6, 6.07) is 3.22. The standard InChI is InChI=1S/C14H14F3NO3/c1-21-12-3-2-9(8-11(12)14(15,16)17)13(20)18-6-4-10(19)5-7-18/h2-3,8H,4-7H2,1H3. The molecule has 1 aromatic rings. The average Bonchev–Trinajstić information content (AvgIpc) is 2.45. The lowest BCUT2D eigenvalue weighted by atomic mass is 10.1. The van der Waals surface area contributed by atoms with Crippen LogP contribution in [0.3, 0.4) is 0 Å². The average molecular weight is 301 g/mol. The normalized spacial score (nSPS) is 16.0. The number of piperidine rings is 1. The molecule has 0 aromatic heterocycles. The van der Waals surface area contributed by atoms with Crippen LogP contribution in [-0.4, -0.2) is 36.8 Å². The largest absolute Gasteiger partial charge is 0.496 e. The number of carbonyl (C=O) groups is 2. The van der Waals surface area contributed by atoms with Gasteiger partial charge in [-0.05, 0) is 18.2 Å². The van der Waals surface area contributed by atoms with Gasteiger partial charge in [-0.25, -0.2) is 0 Å². The smallest absolute Gasteiger partial charge is 0.419 e. The molecule has 0 spiro atoms. The molecule has 0 atom stereocenters. The fourth-order valence-corrected chi connectivity index (χ4v) is 2.20. The highest BCUT2D eigenvalue weighted by Gasteiger charge is 2.35. The van der Waals surface area contributed by atoms with Gasteiger partial charge in [0.05, 0.1) is 12.7 Å². The van der Waals surface area contributed by atoms with Gasteiger partial charge in [0.1, 0.15) is 11.5 Å². The summed E-state index contributed by atoms with van der Waals surface area (Å²) in [5, 5.41) is 0. The summed E-state index contributed by atoms with van der Waals surface area (Å²) in [5.41, 5.74) is -1.04. The lowest BCUT2D eigenvalue weighted by Gasteiger charge is -2.26. The summed E-state index contributed by atoms with van der Waals surface area (Å²) in [7, 11) is 1.14. The lowest BCUT2D eigenvalue weighted by Crippen LogP contribution is -2.38. The van der Waals surface area contributed by atoms with Crippen LogP contribution in [0.2, 0.25) is 0 Å². The number of methoxy groups -OCH3 is 1. The molecule has 0 aliphatic carbocycles. The number of nitrogens with zero attached hydrogens (tertiary/aromatic N) is 1. The molecule has 2 rings (SSSR count). The van der Waals surface area contributed by atoms with Gasteiger partial charge in [-0.1, -0.05) is 0 Å². The molecule has 1 heterocycles. The molecule has 0 radical (unpaired) electrons. The van der Waals surface area contributed by atoms with E-state index in [1.54, 1.807) is 0 Å². The molecule has 1 aliphatic rings. The van der Waals surface area contributed by atoms with E-state index in [0.717, 1.165) is 19.2 Å². The Kier molecular flexibility index (Phi) is 4.20. The Morgan fingerprint density at radius 1 is 1.24 bits per heavy atom. The number of alkyl halides is 3. The third kappa shape index (κ3) is 3.34. The predicted molar refractivity (Wildman–Crippen MR) is 68.1 cm³/mol. The molecule has 4 nitrogen and oxygen atoms in total. The monoisotopic (exact) mass is 301 g/mol. The third-order valence-electron chi connectivity index (χ3n) is 3.36. The van der Waals surface area contributed by atoms with E-state index in [2.05, 4.69) is 4.74 Å². The Morgan fingerprint density at radius 3 is 2.38 bits per heavy atom. The number of ketones is 1. The third-order valence-corrected chi connectivity index (χ3v) is 3.36. The van der Waals surface area contributed by atoms with Gasteiger partial charge in [0.25, 0.3) is 5.91 Å². The van der Waals surface area contributed by atoms with Crippen molar-refractivity contribution in [2.75, 3.05) is 20.2 Å². The van der Waals surface area contributed by atoms with Crippen LogP contribution in [0.5, 0.6) is 5.75 Å². The topological polar surface area (TPSA) is 46.6 Å². The minimum Gasteiger partial charge on any atom is -0.496 e. The molecule has 0 saturated carbocycles. The van der Waals surface area contributed by atoms with Gasteiger partial charge in [-0.2, -0.15) is 13.2 Å². The molecule has 1 saturated heterocycles. The van der Waals surface area contributed by atoms with Crippen molar-refractivity contribution >= 4 is 11.7 Å². The Balaban J connectivity index is 2.28. The van der Waals surface area contributed by atoms with Crippen LogP contribution in [0.15, 0.2) is 18.2 Å². The Bertz CT molecular complexity index is 559. The molecule has 1 aliphatic heterocycles. The van der Waals surface area contributed by atoms with Crippen LogP contribution in [0.4, 0.5) is 13.2 Å².